The Balaban J connectivity index is 2.14. The maximum absolute atomic E-state index is 14.2. The van der Waals surface area contributed by atoms with Crippen molar-refractivity contribution in [3.63, 3.8) is 0 Å². The Labute approximate surface area is 241 Å². The molecule has 4 atom stereocenters. The summed E-state index contributed by atoms with van der Waals surface area (Å²) in [5.41, 5.74) is -0.144. The highest BCUT2D eigenvalue weighted by Crippen LogP contribution is 2.24. The molecule has 0 bridgehead atoms. The number of aliphatic hydroxyl groups excluding tert-OH is 1. The maximum Gasteiger partial charge on any atom is 0.335 e. The number of alkyl halides is 2. The van der Waals surface area contributed by atoms with Gasteiger partial charge in [-0.1, -0.05) is 25.5 Å². The first-order valence-corrected chi connectivity index (χ1v) is 13.4. The number of ether oxygens (including phenoxy) is 1. The van der Waals surface area contributed by atoms with Gasteiger partial charge < -0.3 is 30.5 Å². The number of halogens is 4. The van der Waals surface area contributed by atoms with E-state index in [2.05, 4.69) is 10.6 Å². The standard InChI is InChI=1S/C28H37F4N3O7/c1-14(2)6-8-42-17-11-22(35(13-17)27(39)24(36)15(3)4)26(38)34-21(12-23(31)32)25(37)33-7-5-18-19(29)9-16(28(40)41)10-20(18)30/h6,9-10,15,17,21-24,36H,5,7-8,11-13H2,1-4H3,(H,33,37)(H,34,38)(H,40,41)/t17-,21+,22+,24+/m1/s1. The number of hydrogen-bond donors (Lipinski definition) is 4. The average molecular weight is 604 g/mol. The maximum atomic E-state index is 14.2. The predicted molar refractivity (Wildman–Crippen MR) is 143 cm³/mol. The fourth-order valence-corrected chi connectivity index (χ4v) is 4.29. The van der Waals surface area contributed by atoms with Crippen LogP contribution in [0.5, 0.6) is 0 Å². The van der Waals surface area contributed by atoms with Crippen LogP contribution in [0.25, 0.3) is 0 Å². The number of carboxylic acid groups (broad SMARTS) is 1. The minimum absolute atomic E-state index is 0.00704. The third-order valence-electron chi connectivity index (χ3n) is 6.67. The molecular weight excluding hydrogens is 566 g/mol. The molecule has 0 aromatic heterocycles. The molecule has 10 nitrogen and oxygen atoms in total. The molecule has 3 amide bonds. The first kappa shape index (κ1) is 34.7. The van der Waals surface area contributed by atoms with Gasteiger partial charge in [0.2, 0.25) is 18.2 Å². The molecule has 2 rings (SSSR count). The zero-order valence-electron chi connectivity index (χ0n) is 23.8. The first-order valence-electron chi connectivity index (χ1n) is 13.4. The highest BCUT2D eigenvalue weighted by atomic mass is 19.3. The molecule has 234 valence electrons. The number of aliphatic hydroxyl groups is 1. The Bertz CT molecular complexity index is 1150. The van der Waals surface area contributed by atoms with Crippen molar-refractivity contribution in [1.29, 1.82) is 0 Å². The molecule has 0 spiro atoms. The largest absolute Gasteiger partial charge is 0.478 e. The minimum Gasteiger partial charge on any atom is -0.478 e. The number of rotatable bonds is 14. The van der Waals surface area contributed by atoms with E-state index in [4.69, 9.17) is 9.84 Å². The van der Waals surface area contributed by atoms with E-state index in [1.807, 2.05) is 13.8 Å². The van der Waals surface area contributed by atoms with E-state index in [-0.39, 0.29) is 19.6 Å². The SMILES string of the molecule is CC(C)=CCO[C@@H]1C[C@@H](C(=O)N[C@@H](CC(F)F)C(=O)NCCc2c(F)cc(C(=O)O)cc2F)N(C(=O)[C@@H](O)C(C)C)C1. The average Bonchev–Trinajstić information content (AvgIpc) is 3.32. The summed E-state index contributed by atoms with van der Waals surface area (Å²) in [6.07, 6.45) is -4.76. The number of carboxylic acids is 1. The number of hydrogen-bond acceptors (Lipinski definition) is 6. The minimum atomic E-state index is -3.01. The molecule has 1 aromatic rings. The van der Waals surface area contributed by atoms with Crippen LogP contribution < -0.4 is 10.6 Å². The van der Waals surface area contributed by atoms with Gasteiger partial charge in [0.05, 0.1) is 18.3 Å². The number of carbonyl (C=O) groups is 4. The highest BCUT2D eigenvalue weighted by molar-refractivity contribution is 5.93. The number of benzene rings is 1. The molecule has 0 aliphatic carbocycles. The van der Waals surface area contributed by atoms with Crippen molar-refractivity contribution < 1.29 is 51.7 Å². The second-order valence-electron chi connectivity index (χ2n) is 10.6. The van der Waals surface area contributed by atoms with Crippen molar-refractivity contribution >= 4 is 23.7 Å². The number of nitrogens with one attached hydrogen (secondary N) is 2. The summed E-state index contributed by atoms with van der Waals surface area (Å²) < 4.78 is 60.8. The lowest BCUT2D eigenvalue weighted by molar-refractivity contribution is -0.147. The smallest absolute Gasteiger partial charge is 0.335 e. The molecule has 4 N–H and O–H groups in total. The van der Waals surface area contributed by atoms with Gasteiger partial charge in [-0.25, -0.2) is 22.4 Å². The molecule has 0 saturated carbocycles. The van der Waals surface area contributed by atoms with Crippen LogP contribution in [0.4, 0.5) is 17.6 Å². The van der Waals surface area contributed by atoms with Crippen LogP contribution in [0.2, 0.25) is 0 Å². The van der Waals surface area contributed by atoms with Gasteiger partial charge in [-0.15, -0.1) is 0 Å². The van der Waals surface area contributed by atoms with Crippen molar-refractivity contribution in [2.45, 2.75) is 77.7 Å². The summed E-state index contributed by atoms with van der Waals surface area (Å²) in [7, 11) is 0. The Morgan fingerprint density at radius 3 is 2.29 bits per heavy atom. The van der Waals surface area contributed by atoms with Gasteiger partial charge in [-0.3, -0.25) is 14.4 Å². The van der Waals surface area contributed by atoms with E-state index in [1.165, 1.54) is 0 Å². The molecule has 1 saturated heterocycles. The molecule has 0 unspecified atom stereocenters. The number of nitrogens with zero attached hydrogens (tertiary/aromatic N) is 1. The van der Waals surface area contributed by atoms with Crippen molar-refractivity contribution in [1.82, 2.24) is 15.5 Å². The van der Waals surface area contributed by atoms with Crippen LogP contribution in [0.15, 0.2) is 23.8 Å². The number of aromatic carboxylic acids is 1. The van der Waals surface area contributed by atoms with Gasteiger partial charge >= 0.3 is 5.97 Å². The number of allylic oxidation sites excluding steroid dienone is 1. The van der Waals surface area contributed by atoms with E-state index in [9.17, 15) is 41.8 Å². The summed E-state index contributed by atoms with van der Waals surface area (Å²) in [6, 6.07) is -1.74. The Hall–Kier alpha value is -3.52. The van der Waals surface area contributed by atoms with Crippen LogP contribution >= 0.6 is 0 Å². The normalized spacial score (nSPS) is 18.1. The number of carbonyl (C=O) groups excluding carboxylic acids is 3. The van der Waals surface area contributed by atoms with Gasteiger partial charge in [0, 0.05) is 31.5 Å². The third kappa shape index (κ3) is 9.79. The summed E-state index contributed by atoms with van der Waals surface area (Å²) >= 11 is 0. The summed E-state index contributed by atoms with van der Waals surface area (Å²) in [5, 5.41) is 23.7. The van der Waals surface area contributed by atoms with E-state index >= 15 is 0 Å². The molecule has 1 aromatic carbocycles. The fraction of sp³-hybridized carbons (Fsp3) is 0.571. The highest BCUT2D eigenvalue weighted by Gasteiger charge is 2.43. The molecule has 1 aliphatic heterocycles. The summed E-state index contributed by atoms with van der Waals surface area (Å²) in [4.78, 5) is 51.0. The van der Waals surface area contributed by atoms with Crippen molar-refractivity contribution in [2.24, 2.45) is 5.92 Å². The second-order valence-corrected chi connectivity index (χ2v) is 10.6. The predicted octanol–water partition coefficient (Wildman–Crippen LogP) is 2.43. The van der Waals surface area contributed by atoms with Crippen molar-refractivity contribution in [3.05, 3.63) is 46.5 Å². The molecule has 14 heteroatoms. The van der Waals surface area contributed by atoms with E-state index in [1.54, 1.807) is 19.9 Å². The summed E-state index contributed by atoms with van der Waals surface area (Å²) in [5.74, 6) is -7.03. The van der Waals surface area contributed by atoms with Crippen LogP contribution in [-0.2, 0) is 25.5 Å². The molecule has 0 radical (unpaired) electrons. The Morgan fingerprint density at radius 2 is 1.76 bits per heavy atom. The van der Waals surface area contributed by atoms with Gasteiger partial charge in [-0.2, -0.15) is 0 Å². The van der Waals surface area contributed by atoms with Crippen LogP contribution in [-0.4, -0.2) is 89.2 Å². The van der Waals surface area contributed by atoms with E-state index < -0.39 is 102 Å². The van der Waals surface area contributed by atoms with Gasteiger partial charge in [0.15, 0.2) is 0 Å². The quantitative estimate of drug-likeness (QED) is 0.189. The van der Waals surface area contributed by atoms with Crippen molar-refractivity contribution in [2.75, 3.05) is 19.7 Å². The first-order chi connectivity index (χ1) is 19.6. The molecule has 42 heavy (non-hydrogen) atoms. The molecular formula is C28H37F4N3O7. The topological polar surface area (TPSA) is 145 Å². The van der Waals surface area contributed by atoms with Gasteiger partial charge in [0.25, 0.3) is 5.91 Å². The van der Waals surface area contributed by atoms with Crippen LogP contribution in [0.1, 0.15) is 56.5 Å². The Kier molecular flexibility index (Phi) is 12.9. The monoisotopic (exact) mass is 603 g/mol. The van der Waals surface area contributed by atoms with Crippen LogP contribution in [0, 0.1) is 17.6 Å². The zero-order valence-corrected chi connectivity index (χ0v) is 23.8. The third-order valence-corrected chi connectivity index (χ3v) is 6.67. The fourth-order valence-electron chi connectivity index (χ4n) is 4.29. The Morgan fingerprint density at radius 1 is 1.14 bits per heavy atom. The lowest BCUT2D eigenvalue weighted by Gasteiger charge is -2.28. The number of likely N-dealkylation sites (tertiary alicyclic amines) is 1. The molecule has 1 heterocycles. The second kappa shape index (κ2) is 15.6. The number of amides is 3. The zero-order chi connectivity index (χ0) is 31.7. The lowest BCUT2D eigenvalue weighted by atomic mass is 10.1. The molecule has 1 fully saturated rings. The van der Waals surface area contributed by atoms with Gasteiger partial charge in [-0.05, 0) is 38.3 Å². The van der Waals surface area contributed by atoms with E-state index in [0.717, 1.165) is 10.5 Å². The van der Waals surface area contributed by atoms with Gasteiger partial charge in [0.1, 0.15) is 29.8 Å². The van der Waals surface area contributed by atoms with E-state index in [0.29, 0.717) is 12.1 Å². The van der Waals surface area contributed by atoms with Crippen molar-refractivity contribution in [3.8, 4) is 0 Å². The lowest BCUT2D eigenvalue weighted by Crippen LogP contribution is -2.55. The van der Waals surface area contributed by atoms with Crippen LogP contribution in [0.3, 0.4) is 0 Å². The molecule has 1 aliphatic rings. The summed E-state index contributed by atoms with van der Waals surface area (Å²) in [6.45, 7) is 6.69.